The molecule has 0 amide bonds. The predicted octanol–water partition coefficient (Wildman–Crippen LogP) is 4.76. The van der Waals surface area contributed by atoms with E-state index in [0.29, 0.717) is 17.1 Å². The SMILES string of the molecule is O=S1(=O)c2ccccc2N[C@@H](c2cccc(Br)c2)N1Cc1ccccc1. The fraction of sp³-hybridized carbons (Fsp3) is 0.100. The van der Waals surface area contributed by atoms with Crippen molar-refractivity contribution in [2.45, 2.75) is 17.6 Å². The molecule has 3 aromatic rings. The van der Waals surface area contributed by atoms with Gasteiger partial charge < -0.3 is 5.32 Å². The molecule has 1 N–H and O–H groups in total. The first-order chi connectivity index (χ1) is 12.6. The lowest BCUT2D eigenvalue weighted by molar-refractivity contribution is 0.336. The molecule has 4 rings (SSSR count). The monoisotopic (exact) mass is 428 g/mol. The number of anilines is 1. The zero-order valence-corrected chi connectivity index (χ0v) is 16.2. The minimum absolute atomic E-state index is 0.293. The smallest absolute Gasteiger partial charge is 0.247 e. The molecule has 1 aliphatic heterocycles. The van der Waals surface area contributed by atoms with Gasteiger partial charge in [-0.1, -0.05) is 70.5 Å². The fourth-order valence-corrected chi connectivity index (χ4v) is 5.26. The summed E-state index contributed by atoms with van der Waals surface area (Å²) in [5.74, 6) is 0. The molecule has 0 saturated heterocycles. The van der Waals surface area contributed by atoms with Gasteiger partial charge in [0.05, 0.1) is 5.69 Å². The third-order valence-corrected chi connectivity index (χ3v) is 6.76. The van der Waals surface area contributed by atoms with E-state index in [1.165, 1.54) is 4.31 Å². The van der Waals surface area contributed by atoms with Crippen molar-refractivity contribution in [1.29, 1.82) is 0 Å². The lowest BCUT2D eigenvalue weighted by atomic mass is 10.1. The first-order valence-corrected chi connectivity index (χ1v) is 10.5. The summed E-state index contributed by atoms with van der Waals surface area (Å²) < 4.78 is 29.1. The van der Waals surface area contributed by atoms with Gasteiger partial charge in [0.1, 0.15) is 11.1 Å². The largest absolute Gasteiger partial charge is 0.364 e. The number of fused-ring (bicyclic) bond motifs is 1. The Morgan fingerprint density at radius 3 is 2.42 bits per heavy atom. The van der Waals surface area contributed by atoms with Gasteiger partial charge in [0.2, 0.25) is 10.0 Å². The third kappa shape index (κ3) is 3.16. The van der Waals surface area contributed by atoms with Crippen LogP contribution in [-0.4, -0.2) is 12.7 Å². The van der Waals surface area contributed by atoms with Crippen LogP contribution in [0.5, 0.6) is 0 Å². The van der Waals surface area contributed by atoms with E-state index in [9.17, 15) is 8.42 Å². The summed E-state index contributed by atoms with van der Waals surface area (Å²) in [6.45, 7) is 0.293. The fourth-order valence-electron chi connectivity index (χ4n) is 3.16. The highest BCUT2D eigenvalue weighted by atomic mass is 79.9. The molecule has 0 bridgehead atoms. The Morgan fingerprint density at radius 1 is 0.923 bits per heavy atom. The second-order valence-corrected chi connectivity index (χ2v) is 8.91. The molecule has 0 saturated carbocycles. The van der Waals surface area contributed by atoms with Crippen LogP contribution in [0, 0.1) is 0 Å². The van der Waals surface area contributed by atoms with Gasteiger partial charge in [0, 0.05) is 11.0 Å². The highest BCUT2D eigenvalue weighted by Crippen LogP contribution is 2.39. The van der Waals surface area contributed by atoms with Crippen molar-refractivity contribution >= 4 is 31.6 Å². The quantitative estimate of drug-likeness (QED) is 0.653. The number of nitrogens with one attached hydrogen (secondary N) is 1. The average Bonchev–Trinajstić information content (AvgIpc) is 2.65. The van der Waals surface area contributed by atoms with Crippen LogP contribution < -0.4 is 5.32 Å². The molecule has 1 atom stereocenters. The maximum Gasteiger partial charge on any atom is 0.247 e. The van der Waals surface area contributed by atoms with Crippen molar-refractivity contribution < 1.29 is 8.42 Å². The Hall–Kier alpha value is -2.15. The number of hydrogen-bond acceptors (Lipinski definition) is 3. The Balaban J connectivity index is 1.85. The number of sulfonamides is 1. The molecule has 1 heterocycles. The van der Waals surface area contributed by atoms with Crippen LogP contribution in [-0.2, 0) is 16.6 Å². The zero-order valence-electron chi connectivity index (χ0n) is 13.8. The number of benzene rings is 3. The molecule has 4 nitrogen and oxygen atoms in total. The summed E-state index contributed by atoms with van der Waals surface area (Å²) in [5, 5.41) is 3.39. The Morgan fingerprint density at radius 2 is 1.65 bits per heavy atom. The van der Waals surface area contributed by atoms with Crippen LogP contribution in [0.25, 0.3) is 0 Å². The molecular formula is C20H17BrN2O2S. The summed E-state index contributed by atoms with van der Waals surface area (Å²) in [6, 6.07) is 24.4. The van der Waals surface area contributed by atoms with E-state index in [-0.39, 0.29) is 0 Å². The molecule has 132 valence electrons. The molecule has 1 aliphatic rings. The molecule has 0 aliphatic carbocycles. The third-order valence-electron chi connectivity index (χ3n) is 4.40. The summed E-state index contributed by atoms with van der Waals surface area (Å²) in [6.07, 6.45) is -0.479. The standard InChI is InChI=1S/C20H17BrN2O2S/c21-17-10-6-9-16(13-17)20-22-18-11-4-5-12-19(18)26(24,25)23(20)14-15-7-2-1-3-8-15/h1-13,20,22H,14H2/t20-/m1/s1. The predicted molar refractivity (Wildman–Crippen MR) is 106 cm³/mol. The van der Waals surface area contributed by atoms with Crippen molar-refractivity contribution in [1.82, 2.24) is 4.31 Å². The van der Waals surface area contributed by atoms with E-state index < -0.39 is 16.2 Å². The molecule has 0 spiro atoms. The van der Waals surface area contributed by atoms with Crippen LogP contribution >= 0.6 is 15.9 Å². The van der Waals surface area contributed by atoms with Crippen LogP contribution in [0.1, 0.15) is 17.3 Å². The van der Waals surface area contributed by atoms with Crippen LogP contribution in [0.2, 0.25) is 0 Å². The van der Waals surface area contributed by atoms with Crippen LogP contribution in [0.3, 0.4) is 0 Å². The Labute approximate surface area is 161 Å². The van der Waals surface area contributed by atoms with Gasteiger partial charge in [-0.3, -0.25) is 0 Å². The first-order valence-electron chi connectivity index (χ1n) is 8.22. The maximum atomic E-state index is 13.4. The normalized spacial score (nSPS) is 18.7. The van der Waals surface area contributed by atoms with E-state index in [4.69, 9.17) is 0 Å². The van der Waals surface area contributed by atoms with Crippen molar-refractivity contribution in [2.24, 2.45) is 0 Å². The average molecular weight is 429 g/mol. The van der Waals surface area contributed by atoms with Crippen LogP contribution in [0.4, 0.5) is 5.69 Å². The number of halogens is 1. The van der Waals surface area contributed by atoms with Gasteiger partial charge in [-0.15, -0.1) is 0 Å². The summed E-state index contributed by atoms with van der Waals surface area (Å²) in [7, 11) is -3.64. The van der Waals surface area contributed by atoms with Gasteiger partial charge in [0.25, 0.3) is 0 Å². The summed E-state index contributed by atoms with van der Waals surface area (Å²) in [5.41, 5.74) is 2.45. The number of nitrogens with zero attached hydrogens (tertiary/aromatic N) is 1. The van der Waals surface area contributed by atoms with Gasteiger partial charge in [-0.25, -0.2) is 8.42 Å². The lowest BCUT2D eigenvalue weighted by Gasteiger charge is -2.37. The molecule has 26 heavy (non-hydrogen) atoms. The first kappa shape index (κ1) is 17.3. The topological polar surface area (TPSA) is 49.4 Å². The highest BCUT2D eigenvalue weighted by Gasteiger charge is 2.38. The second-order valence-electron chi connectivity index (χ2n) is 6.13. The van der Waals surface area contributed by atoms with Gasteiger partial charge in [0.15, 0.2) is 0 Å². The van der Waals surface area contributed by atoms with E-state index in [1.807, 2.05) is 60.7 Å². The van der Waals surface area contributed by atoms with Gasteiger partial charge in [-0.2, -0.15) is 4.31 Å². The molecule has 6 heteroatoms. The summed E-state index contributed by atoms with van der Waals surface area (Å²) in [4.78, 5) is 0.308. The Bertz CT molecular complexity index is 1040. The summed E-state index contributed by atoms with van der Waals surface area (Å²) >= 11 is 3.48. The van der Waals surface area contributed by atoms with E-state index in [2.05, 4.69) is 21.2 Å². The molecule has 0 unspecified atom stereocenters. The number of para-hydroxylation sites is 1. The minimum atomic E-state index is -3.64. The lowest BCUT2D eigenvalue weighted by Crippen LogP contribution is -2.42. The van der Waals surface area contributed by atoms with Crippen LogP contribution in [0.15, 0.2) is 88.2 Å². The zero-order chi connectivity index (χ0) is 18.1. The van der Waals surface area contributed by atoms with Gasteiger partial charge in [-0.05, 0) is 35.4 Å². The molecule has 3 aromatic carbocycles. The van der Waals surface area contributed by atoms with Crippen molar-refractivity contribution in [3.8, 4) is 0 Å². The Kier molecular flexibility index (Phi) is 4.56. The molecule has 0 radical (unpaired) electrons. The van der Waals surface area contributed by atoms with E-state index in [1.54, 1.807) is 18.2 Å². The highest BCUT2D eigenvalue weighted by molar-refractivity contribution is 9.10. The van der Waals surface area contributed by atoms with Gasteiger partial charge >= 0.3 is 0 Å². The second kappa shape index (κ2) is 6.87. The molecular weight excluding hydrogens is 412 g/mol. The number of rotatable bonds is 3. The molecule has 0 fully saturated rings. The van der Waals surface area contributed by atoms with E-state index in [0.717, 1.165) is 15.6 Å². The minimum Gasteiger partial charge on any atom is -0.364 e. The van der Waals surface area contributed by atoms with Crippen molar-refractivity contribution in [3.63, 3.8) is 0 Å². The number of hydrogen-bond donors (Lipinski definition) is 1. The molecule has 0 aromatic heterocycles. The van der Waals surface area contributed by atoms with Crippen molar-refractivity contribution in [3.05, 3.63) is 94.5 Å². The maximum absolute atomic E-state index is 13.4. The van der Waals surface area contributed by atoms with Crippen molar-refractivity contribution in [2.75, 3.05) is 5.32 Å². The van der Waals surface area contributed by atoms with E-state index >= 15 is 0 Å².